The van der Waals surface area contributed by atoms with Gasteiger partial charge in [0.25, 0.3) is 0 Å². The number of carbonyl (C=O) groups is 2. The van der Waals surface area contributed by atoms with Crippen molar-refractivity contribution in [2.24, 2.45) is 5.92 Å². The van der Waals surface area contributed by atoms with Gasteiger partial charge in [-0.05, 0) is 51.9 Å². The molecular formula is C18H32N4O2. The van der Waals surface area contributed by atoms with Crippen LogP contribution in [-0.2, 0) is 9.59 Å². The van der Waals surface area contributed by atoms with E-state index in [2.05, 4.69) is 17.1 Å². The van der Waals surface area contributed by atoms with Gasteiger partial charge in [0.05, 0.1) is 5.92 Å². The largest absolute Gasteiger partial charge is 0.342 e. The number of piperidine rings is 1. The zero-order chi connectivity index (χ0) is 17.1. The minimum Gasteiger partial charge on any atom is -0.342 e. The van der Waals surface area contributed by atoms with E-state index in [0.717, 1.165) is 45.6 Å². The first-order chi connectivity index (χ1) is 11.6. The number of likely N-dealkylation sites (N-methyl/N-ethyl adjacent to an activating group) is 1. The molecule has 0 aromatic heterocycles. The highest BCUT2D eigenvalue weighted by atomic mass is 16.2. The van der Waals surface area contributed by atoms with Crippen molar-refractivity contribution >= 4 is 11.8 Å². The number of nitrogens with zero attached hydrogens (tertiary/aromatic N) is 3. The predicted molar refractivity (Wildman–Crippen MR) is 93.6 cm³/mol. The molecule has 3 heterocycles. The van der Waals surface area contributed by atoms with E-state index in [0.29, 0.717) is 25.0 Å². The van der Waals surface area contributed by atoms with Gasteiger partial charge in [-0.15, -0.1) is 0 Å². The number of likely N-dealkylation sites (tertiary alicyclic amines) is 2. The summed E-state index contributed by atoms with van der Waals surface area (Å²) in [5.41, 5.74) is 0. The molecule has 24 heavy (non-hydrogen) atoms. The Morgan fingerprint density at radius 3 is 2.75 bits per heavy atom. The average Bonchev–Trinajstić information content (AvgIpc) is 3.21. The summed E-state index contributed by atoms with van der Waals surface area (Å²) < 4.78 is 0. The van der Waals surface area contributed by atoms with E-state index in [4.69, 9.17) is 0 Å². The van der Waals surface area contributed by atoms with Crippen LogP contribution < -0.4 is 5.32 Å². The Labute approximate surface area is 145 Å². The molecule has 1 N–H and O–H groups in total. The van der Waals surface area contributed by atoms with Gasteiger partial charge >= 0.3 is 0 Å². The van der Waals surface area contributed by atoms with Gasteiger partial charge in [-0.25, -0.2) is 0 Å². The molecule has 3 fully saturated rings. The molecule has 136 valence electrons. The van der Waals surface area contributed by atoms with Crippen LogP contribution in [0.2, 0.25) is 0 Å². The predicted octanol–water partition coefficient (Wildman–Crippen LogP) is 0.530. The Balaban J connectivity index is 1.54. The van der Waals surface area contributed by atoms with Crippen molar-refractivity contribution in [3.8, 4) is 0 Å². The maximum absolute atomic E-state index is 12.8. The van der Waals surface area contributed by atoms with E-state index in [9.17, 15) is 9.59 Å². The molecule has 3 saturated heterocycles. The summed E-state index contributed by atoms with van der Waals surface area (Å²) in [4.78, 5) is 31.5. The van der Waals surface area contributed by atoms with E-state index >= 15 is 0 Å². The van der Waals surface area contributed by atoms with E-state index in [1.54, 1.807) is 0 Å². The lowest BCUT2D eigenvalue weighted by Crippen LogP contribution is -2.46. The smallest absolute Gasteiger partial charge is 0.227 e. The van der Waals surface area contributed by atoms with Crippen molar-refractivity contribution in [3.05, 3.63) is 0 Å². The molecular weight excluding hydrogens is 304 g/mol. The molecule has 2 amide bonds. The lowest BCUT2D eigenvalue weighted by Gasteiger charge is -2.33. The van der Waals surface area contributed by atoms with Crippen LogP contribution in [0.25, 0.3) is 0 Å². The minimum absolute atomic E-state index is 0.145. The van der Waals surface area contributed by atoms with Gasteiger partial charge in [-0.1, -0.05) is 6.92 Å². The van der Waals surface area contributed by atoms with Gasteiger partial charge in [-0.2, -0.15) is 0 Å². The summed E-state index contributed by atoms with van der Waals surface area (Å²) in [5, 5.41) is 3.34. The van der Waals surface area contributed by atoms with Crippen molar-refractivity contribution < 1.29 is 9.59 Å². The fourth-order valence-electron chi connectivity index (χ4n) is 4.55. The summed E-state index contributed by atoms with van der Waals surface area (Å²) in [7, 11) is 1.92. The zero-order valence-electron chi connectivity index (χ0n) is 15.2. The highest BCUT2D eigenvalue weighted by Gasteiger charge is 2.39. The Kier molecular flexibility index (Phi) is 5.76. The molecule has 2 atom stereocenters. The van der Waals surface area contributed by atoms with Crippen molar-refractivity contribution in [1.82, 2.24) is 20.0 Å². The maximum atomic E-state index is 12.8. The second kappa shape index (κ2) is 7.83. The van der Waals surface area contributed by atoms with Crippen LogP contribution >= 0.6 is 0 Å². The van der Waals surface area contributed by atoms with Crippen LogP contribution in [0.3, 0.4) is 0 Å². The van der Waals surface area contributed by atoms with Crippen LogP contribution in [0.15, 0.2) is 0 Å². The van der Waals surface area contributed by atoms with Crippen molar-refractivity contribution in [1.29, 1.82) is 0 Å². The minimum atomic E-state index is -0.145. The SMILES string of the molecule is CCN1CCCC1CN1CC(C(=O)N(C)C2CCNCC2)CC1=O. The molecule has 0 spiro atoms. The molecule has 3 rings (SSSR count). The summed E-state index contributed by atoms with van der Waals surface area (Å²) in [6.07, 6.45) is 4.82. The quantitative estimate of drug-likeness (QED) is 0.796. The van der Waals surface area contributed by atoms with E-state index in [1.807, 2.05) is 16.8 Å². The number of carbonyl (C=O) groups excluding carboxylic acids is 2. The first-order valence-corrected chi connectivity index (χ1v) is 9.59. The number of nitrogens with one attached hydrogen (secondary N) is 1. The second-order valence-electron chi connectivity index (χ2n) is 7.55. The lowest BCUT2D eigenvalue weighted by molar-refractivity contribution is -0.137. The van der Waals surface area contributed by atoms with Gasteiger partial charge in [0.15, 0.2) is 0 Å². The Morgan fingerprint density at radius 2 is 2.04 bits per heavy atom. The summed E-state index contributed by atoms with van der Waals surface area (Å²) in [5.74, 6) is 0.181. The third kappa shape index (κ3) is 3.75. The van der Waals surface area contributed by atoms with Crippen LogP contribution in [-0.4, -0.2) is 84.9 Å². The molecule has 3 aliphatic heterocycles. The molecule has 0 saturated carbocycles. The average molecular weight is 336 g/mol. The monoisotopic (exact) mass is 336 g/mol. The van der Waals surface area contributed by atoms with Crippen LogP contribution in [0, 0.1) is 5.92 Å². The van der Waals surface area contributed by atoms with E-state index in [-0.39, 0.29) is 17.7 Å². The highest BCUT2D eigenvalue weighted by molar-refractivity contribution is 5.89. The summed E-state index contributed by atoms with van der Waals surface area (Å²) in [6, 6.07) is 0.809. The van der Waals surface area contributed by atoms with Crippen LogP contribution in [0.5, 0.6) is 0 Å². The van der Waals surface area contributed by atoms with E-state index in [1.165, 1.54) is 12.8 Å². The normalized spacial score (nSPS) is 29.4. The second-order valence-corrected chi connectivity index (χ2v) is 7.55. The molecule has 2 unspecified atom stereocenters. The van der Waals surface area contributed by atoms with Gasteiger partial charge in [0.2, 0.25) is 11.8 Å². The number of rotatable bonds is 5. The Morgan fingerprint density at radius 1 is 1.29 bits per heavy atom. The maximum Gasteiger partial charge on any atom is 0.227 e. The zero-order valence-corrected chi connectivity index (χ0v) is 15.2. The molecule has 0 aromatic carbocycles. The van der Waals surface area contributed by atoms with Gasteiger partial charge in [0.1, 0.15) is 0 Å². The fourth-order valence-corrected chi connectivity index (χ4v) is 4.55. The molecule has 6 nitrogen and oxygen atoms in total. The first kappa shape index (κ1) is 17.7. The summed E-state index contributed by atoms with van der Waals surface area (Å²) >= 11 is 0. The molecule has 0 bridgehead atoms. The van der Waals surface area contributed by atoms with E-state index < -0.39 is 0 Å². The standard InChI is InChI=1S/C18H32N4O2/c1-3-21-10-4-5-16(21)13-22-12-14(11-17(22)23)18(24)20(2)15-6-8-19-9-7-15/h14-16,19H,3-13H2,1-2H3. The first-order valence-electron chi connectivity index (χ1n) is 9.59. The molecule has 0 radical (unpaired) electrons. The van der Waals surface area contributed by atoms with Crippen LogP contribution in [0.1, 0.15) is 39.0 Å². The van der Waals surface area contributed by atoms with Gasteiger partial charge in [0, 0.05) is 38.6 Å². The third-order valence-corrected chi connectivity index (χ3v) is 6.10. The van der Waals surface area contributed by atoms with Crippen molar-refractivity contribution in [3.63, 3.8) is 0 Å². The van der Waals surface area contributed by atoms with Crippen molar-refractivity contribution in [2.75, 3.05) is 46.3 Å². The summed E-state index contributed by atoms with van der Waals surface area (Å²) in [6.45, 7) is 7.75. The number of hydrogen-bond donors (Lipinski definition) is 1. The topological polar surface area (TPSA) is 55.9 Å². The van der Waals surface area contributed by atoms with Crippen LogP contribution in [0.4, 0.5) is 0 Å². The van der Waals surface area contributed by atoms with Gasteiger partial charge < -0.3 is 15.1 Å². The third-order valence-electron chi connectivity index (χ3n) is 6.10. The Hall–Kier alpha value is -1.14. The molecule has 0 aliphatic carbocycles. The lowest BCUT2D eigenvalue weighted by atomic mass is 10.0. The fraction of sp³-hybridized carbons (Fsp3) is 0.889. The molecule has 3 aliphatic rings. The molecule has 0 aromatic rings. The Bertz CT molecular complexity index is 464. The van der Waals surface area contributed by atoms with Gasteiger partial charge in [-0.3, -0.25) is 14.5 Å². The highest BCUT2D eigenvalue weighted by Crippen LogP contribution is 2.25. The molecule has 6 heteroatoms. The number of hydrogen-bond acceptors (Lipinski definition) is 4. The van der Waals surface area contributed by atoms with Crippen molar-refractivity contribution in [2.45, 2.75) is 51.1 Å². The number of amides is 2.